The van der Waals surface area contributed by atoms with Crippen molar-refractivity contribution >= 4 is 45.8 Å². The molecule has 0 spiro atoms. The van der Waals surface area contributed by atoms with Crippen LogP contribution in [0.25, 0.3) is 0 Å². The van der Waals surface area contributed by atoms with Crippen LogP contribution in [0.5, 0.6) is 0 Å². The summed E-state index contributed by atoms with van der Waals surface area (Å²) in [5, 5.41) is 10.9. The first-order chi connectivity index (χ1) is 13.2. The molecule has 2 aliphatic rings. The second-order valence-electron chi connectivity index (χ2n) is 6.42. The van der Waals surface area contributed by atoms with E-state index >= 15 is 0 Å². The van der Waals surface area contributed by atoms with Gasteiger partial charge < -0.3 is 0 Å². The van der Waals surface area contributed by atoms with Crippen LogP contribution in [0.15, 0.2) is 64.4 Å². The van der Waals surface area contributed by atoms with Crippen molar-refractivity contribution in [2.24, 2.45) is 5.10 Å². The van der Waals surface area contributed by atoms with Gasteiger partial charge in [-0.05, 0) is 35.0 Å². The molecule has 5 rings (SSSR count). The molecule has 1 aromatic carbocycles. The maximum Gasteiger partial charge on any atom is 0.301 e. The Balaban J connectivity index is 1.50. The summed E-state index contributed by atoms with van der Waals surface area (Å²) >= 11 is 3.35. The van der Waals surface area contributed by atoms with Crippen LogP contribution in [-0.4, -0.2) is 29.1 Å². The highest BCUT2D eigenvalue weighted by Crippen LogP contribution is 2.37. The Kier molecular flexibility index (Phi) is 3.91. The molecular formula is C20H15N3O2S2. The fraction of sp³-hybridized carbons (Fsp3) is 0.150. The van der Waals surface area contributed by atoms with Crippen LogP contribution >= 0.6 is 22.7 Å². The van der Waals surface area contributed by atoms with Crippen molar-refractivity contribution in [1.29, 1.82) is 0 Å². The molecule has 0 fully saturated rings. The highest BCUT2D eigenvalue weighted by molar-refractivity contribution is 7.12. The van der Waals surface area contributed by atoms with Gasteiger partial charge >= 0.3 is 5.91 Å². The molecule has 1 unspecified atom stereocenters. The predicted molar refractivity (Wildman–Crippen MR) is 107 cm³/mol. The van der Waals surface area contributed by atoms with Gasteiger partial charge in [-0.1, -0.05) is 24.3 Å². The number of carbonyl (C=O) groups excluding carboxylic acids is 2. The summed E-state index contributed by atoms with van der Waals surface area (Å²) in [5.41, 5.74) is 2.16. The third-order valence-electron chi connectivity index (χ3n) is 4.84. The van der Waals surface area contributed by atoms with Gasteiger partial charge in [0.05, 0.1) is 27.9 Å². The molecule has 27 heavy (non-hydrogen) atoms. The van der Waals surface area contributed by atoms with Crippen LogP contribution < -0.4 is 4.90 Å². The lowest BCUT2D eigenvalue weighted by Gasteiger charge is -2.27. The van der Waals surface area contributed by atoms with Gasteiger partial charge in [-0.15, -0.1) is 22.7 Å². The van der Waals surface area contributed by atoms with Gasteiger partial charge in [0.1, 0.15) is 6.67 Å². The number of nitrogens with zero attached hydrogens (tertiary/aromatic N) is 3. The van der Waals surface area contributed by atoms with E-state index in [1.54, 1.807) is 39.7 Å². The Morgan fingerprint density at radius 1 is 1.00 bits per heavy atom. The van der Waals surface area contributed by atoms with E-state index in [0.717, 1.165) is 17.0 Å². The van der Waals surface area contributed by atoms with Crippen molar-refractivity contribution in [3.05, 3.63) is 74.6 Å². The highest BCUT2D eigenvalue weighted by atomic mass is 32.1. The smallest absolute Gasteiger partial charge is 0.285 e. The number of fused-ring (bicyclic) bond motifs is 1. The van der Waals surface area contributed by atoms with Crippen molar-refractivity contribution in [2.45, 2.75) is 12.5 Å². The number of hydrogen-bond acceptors (Lipinski definition) is 6. The molecule has 2 aromatic heterocycles. The van der Waals surface area contributed by atoms with E-state index in [9.17, 15) is 9.59 Å². The molecule has 0 aliphatic carbocycles. The van der Waals surface area contributed by atoms with E-state index in [1.165, 1.54) is 4.88 Å². The topological polar surface area (TPSA) is 53.0 Å². The Bertz CT molecular complexity index is 1040. The number of hydrogen-bond donors (Lipinski definition) is 0. The van der Waals surface area contributed by atoms with Gasteiger partial charge in [-0.25, -0.2) is 0 Å². The molecule has 134 valence electrons. The van der Waals surface area contributed by atoms with Crippen molar-refractivity contribution < 1.29 is 9.59 Å². The fourth-order valence-corrected chi connectivity index (χ4v) is 5.09. The minimum absolute atomic E-state index is 0.0674. The fourth-order valence-electron chi connectivity index (χ4n) is 3.54. The third kappa shape index (κ3) is 2.70. The van der Waals surface area contributed by atoms with E-state index in [-0.39, 0.29) is 12.7 Å². The average molecular weight is 393 g/mol. The zero-order valence-electron chi connectivity index (χ0n) is 14.2. The summed E-state index contributed by atoms with van der Waals surface area (Å²) in [4.78, 5) is 28.7. The van der Waals surface area contributed by atoms with E-state index < -0.39 is 11.7 Å². The van der Waals surface area contributed by atoms with Gasteiger partial charge in [-0.2, -0.15) is 5.10 Å². The molecule has 4 heterocycles. The van der Waals surface area contributed by atoms with E-state index in [1.807, 2.05) is 34.7 Å². The van der Waals surface area contributed by atoms with Crippen LogP contribution in [0, 0.1) is 0 Å². The number of ketones is 1. The SMILES string of the molecule is O=C1C(=O)N(CN2N=C(c3cccs3)CC2c2cccs2)c2ccccc21. The molecule has 0 saturated carbocycles. The quantitative estimate of drug-likeness (QED) is 0.626. The molecule has 5 nitrogen and oxygen atoms in total. The first kappa shape index (κ1) is 16.4. The number of hydrazone groups is 1. The lowest BCUT2D eigenvalue weighted by atomic mass is 10.1. The van der Waals surface area contributed by atoms with Crippen molar-refractivity contribution in [1.82, 2.24) is 5.01 Å². The molecule has 0 saturated heterocycles. The predicted octanol–water partition coefficient (Wildman–Crippen LogP) is 4.15. The Labute approximate surface area is 164 Å². The number of amides is 1. The largest absolute Gasteiger partial charge is 0.301 e. The number of carbonyl (C=O) groups is 2. The van der Waals surface area contributed by atoms with Gasteiger partial charge in [0.15, 0.2) is 0 Å². The Morgan fingerprint density at radius 2 is 1.81 bits per heavy atom. The zero-order chi connectivity index (χ0) is 18.4. The van der Waals surface area contributed by atoms with Crippen LogP contribution in [0.2, 0.25) is 0 Å². The zero-order valence-corrected chi connectivity index (χ0v) is 15.9. The number of rotatable bonds is 4. The minimum atomic E-state index is -0.485. The summed E-state index contributed by atoms with van der Waals surface area (Å²) in [7, 11) is 0. The standard InChI is InChI=1S/C20H15N3O2S2/c24-19-13-5-1-2-6-15(13)22(20(19)25)12-23-16(18-8-4-10-27-18)11-14(21-23)17-7-3-9-26-17/h1-10,16H,11-12H2. The molecule has 0 N–H and O–H groups in total. The maximum absolute atomic E-state index is 12.6. The molecule has 3 aromatic rings. The van der Waals surface area contributed by atoms with Crippen molar-refractivity contribution in [2.75, 3.05) is 11.6 Å². The molecular weight excluding hydrogens is 378 g/mol. The summed E-state index contributed by atoms with van der Waals surface area (Å²) in [6.07, 6.45) is 0.790. The lowest BCUT2D eigenvalue weighted by Crippen LogP contribution is -2.38. The van der Waals surface area contributed by atoms with Crippen LogP contribution in [0.3, 0.4) is 0 Å². The Hall–Kier alpha value is -2.77. The normalized spacial score (nSPS) is 19.0. The third-order valence-corrected chi connectivity index (χ3v) is 6.73. The van der Waals surface area contributed by atoms with Crippen LogP contribution in [-0.2, 0) is 4.79 Å². The van der Waals surface area contributed by atoms with Gasteiger partial charge in [0.2, 0.25) is 0 Å². The number of anilines is 1. The summed E-state index contributed by atoms with van der Waals surface area (Å²) in [5.74, 6) is -0.930. The summed E-state index contributed by atoms with van der Waals surface area (Å²) in [6, 6.07) is 15.4. The van der Waals surface area contributed by atoms with Gasteiger partial charge in [-0.3, -0.25) is 19.5 Å². The second-order valence-corrected chi connectivity index (χ2v) is 8.35. The molecule has 0 bridgehead atoms. The van der Waals surface area contributed by atoms with E-state index in [0.29, 0.717) is 11.3 Å². The average Bonchev–Trinajstić information content (AvgIpc) is 3.47. The number of benzene rings is 1. The Morgan fingerprint density at radius 3 is 2.59 bits per heavy atom. The first-order valence-corrected chi connectivity index (χ1v) is 10.3. The molecule has 1 amide bonds. The molecule has 0 radical (unpaired) electrons. The first-order valence-electron chi connectivity index (χ1n) is 8.59. The van der Waals surface area contributed by atoms with E-state index in [4.69, 9.17) is 5.10 Å². The molecule has 1 atom stereocenters. The summed E-state index contributed by atoms with van der Waals surface area (Å²) in [6.45, 7) is 0.263. The van der Waals surface area contributed by atoms with Crippen molar-refractivity contribution in [3.8, 4) is 0 Å². The number of para-hydroxylation sites is 1. The molecule has 7 heteroatoms. The number of Topliss-reactive ketones (excluding diaryl/α,β-unsaturated/α-hetero) is 1. The minimum Gasteiger partial charge on any atom is -0.285 e. The van der Waals surface area contributed by atoms with Crippen LogP contribution in [0.1, 0.15) is 32.6 Å². The second kappa shape index (κ2) is 6.44. The van der Waals surface area contributed by atoms with E-state index in [2.05, 4.69) is 17.5 Å². The van der Waals surface area contributed by atoms with Gasteiger partial charge in [0, 0.05) is 11.3 Å². The highest BCUT2D eigenvalue weighted by Gasteiger charge is 2.39. The van der Waals surface area contributed by atoms with Crippen molar-refractivity contribution in [3.63, 3.8) is 0 Å². The maximum atomic E-state index is 12.6. The monoisotopic (exact) mass is 393 g/mol. The lowest BCUT2D eigenvalue weighted by molar-refractivity contribution is -0.114. The summed E-state index contributed by atoms with van der Waals surface area (Å²) < 4.78 is 0. The number of thiophene rings is 2. The molecule has 2 aliphatic heterocycles. The van der Waals surface area contributed by atoms with Gasteiger partial charge in [0.25, 0.3) is 5.78 Å². The van der Waals surface area contributed by atoms with Crippen LogP contribution in [0.4, 0.5) is 5.69 Å².